The summed E-state index contributed by atoms with van der Waals surface area (Å²) in [6, 6.07) is 10.1. The van der Waals surface area contributed by atoms with Crippen molar-refractivity contribution in [2.45, 2.75) is 69.7 Å². The highest BCUT2D eigenvalue weighted by Crippen LogP contribution is 2.38. The molecule has 0 saturated carbocycles. The molecule has 2 rings (SSSR count). The SMILES string of the molecule is COCO[C@H]1C[C@@H](c2ccccc2)O[C@H](CO[Si](C)(C)C(C)(C)C)[C@H]1O. The van der Waals surface area contributed by atoms with Crippen molar-refractivity contribution in [3.63, 3.8) is 0 Å². The van der Waals surface area contributed by atoms with Crippen molar-refractivity contribution in [2.24, 2.45) is 0 Å². The van der Waals surface area contributed by atoms with Gasteiger partial charge in [-0.1, -0.05) is 51.1 Å². The number of rotatable bonds is 7. The second kappa shape index (κ2) is 8.95. The van der Waals surface area contributed by atoms with E-state index in [1.165, 1.54) is 0 Å². The lowest BCUT2D eigenvalue weighted by atomic mass is 9.94. The fourth-order valence-electron chi connectivity index (χ4n) is 2.79. The molecule has 1 heterocycles. The van der Waals surface area contributed by atoms with Gasteiger partial charge in [-0.3, -0.25) is 0 Å². The minimum Gasteiger partial charge on any atom is -0.414 e. The molecule has 26 heavy (non-hydrogen) atoms. The van der Waals surface area contributed by atoms with Gasteiger partial charge in [0.15, 0.2) is 8.32 Å². The van der Waals surface area contributed by atoms with Gasteiger partial charge < -0.3 is 23.7 Å². The van der Waals surface area contributed by atoms with Gasteiger partial charge in [-0.2, -0.15) is 0 Å². The summed E-state index contributed by atoms with van der Waals surface area (Å²) in [7, 11) is -0.342. The fraction of sp³-hybridized carbons (Fsp3) is 0.700. The van der Waals surface area contributed by atoms with Crippen LogP contribution < -0.4 is 0 Å². The number of hydrogen-bond donors (Lipinski definition) is 1. The molecule has 4 atom stereocenters. The van der Waals surface area contributed by atoms with Crippen LogP contribution >= 0.6 is 0 Å². The molecular weight excluding hydrogens is 348 g/mol. The van der Waals surface area contributed by atoms with E-state index in [1.807, 2.05) is 30.3 Å². The van der Waals surface area contributed by atoms with Gasteiger partial charge in [0.1, 0.15) is 19.0 Å². The average Bonchev–Trinajstić information content (AvgIpc) is 2.59. The molecule has 0 aromatic heterocycles. The lowest BCUT2D eigenvalue weighted by Gasteiger charge is -2.42. The van der Waals surface area contributed by atoms with E-state index in [4.69, 9.17) is 18.6 Å². The summed E-state index contributed by atoms with van der Waals surface area (Å²) in [4.78, 5) is 0. The second-order valence-corrected chi connectivity index (χ2v) is 13.3. The molecule has 0 unspecified atom stereocenters. The molecule has 0 spiro atoms. The largest absolute Gasteiger partial charge is 0.414 e. The third kappa shape index (κ3) is 5.37. The average molecular weight is 383 g/mol. The molecule has 6 heteroatoms. The molecule has 0 bridgehead atoms. The van der Waals surface area contributed by atoms with E-state index in [9.17, 15) is 5.11 Å². The van der Waals surface area contributed by atoms with E-state index in [0.29, 0.717) is 13.0 Å². The van der Waals surface area contributed by atoms with Gasteiger partial charge in [0, 0.05) is 13.5 Å². The Morgan fingerprint density at radius 2 is 1.85 bits per heavy atom. The summed E-state index contributed by atoms with van der Waals surface area (Å²) in [5, 5.41) is 10.9. The van der Waals surface area contributed by atoms with Crippen molar-refractivity contribution in [1.29, 1.82) is 0 Å². The van der Waals surface area contributed by atoms with E-state index < -0.39 is 20.5 Å². The Bertz CT molecular complexity index is 543. The third-order valence-electron chi connectivity index (χ3n) is 5.53. The van der Waals surface area contributed by atoms with Gasteiger partial charge in [-0.05, 0) is 23.7 Å². The van der Waals surface area contributed by atoms with Crippen molar-refractivity contribution in [3.05, 3.63) is 35.9 Å². The fourth-order valence-corrected chi connectivity index (χ4v) is 3.80. The van der Waals surface area contributed by atoms with Gasteiger partial charge >= 0.3 is 0 Å². The van der Waals surface area contributed by atoms with Crippen LogP contribution in [0, 0.1) is 0 Å². The summed E-state index contributed by atoms with van der Waals surface area (Å²) in [5.74, 6) is 0. The van der Waals surface area contributed by atoms with Crippen molar-refractivity contribution in [1.82, 2.24) is 0 Å². The first-order chi connectivity index (χ1) is 12.2. The summed E-state index contributed by atoms with van der Waals surface area (Å²) >= 11 is 0. The predicted octanol–water partition coefficient (Wildman–Crippen LogP) is 3.89. The van der Waals surface area contributed by atoms with E-state index in [2.05, 4.69) is 33.9 Å². The number of methoxy groups -OCH3 is 1. The van der Waals surface area contributed by atoms with Gasteiger partial charge in [-0.15, -0.1) is 0 Å². The first kappa shape index (κ1) is 21.5. The van der Waals surface area contributed by atoms with Crippen LogP contribution in [-0.4, -0.2) is 52.2 Å². The van der Waals surface area contributed by atoms with Crippen molar-refractivity contribution in [3.8, 4) is 0 Å². The Labute approximate surface area is 158 Å². The molecule has 1 aliphatic heterocycles. The number of aliphatic hydroxyl groups excluding tert-OH is 1. The number of hydrogen-bond acceptors (Lipinski definition) is 5. The minimum atomic E-state index is -1.92. The molecule has 1 aliphatic rings. The van der Waals surface area contributed by atoms with Crippen LogP contribution in [0.1, 0.15) is 38.9 Å². The van der Waals surface area contributed by atoms with Gasteiger partial charge in [0.2, 0.25) is 0 Å². The first-order valence-corrected chi connectivity index (χ1v) is 12.2. The van der Waals surface area contributed by atoms with Crippen LogP contribution in [0.5, 0.6) is 0 Å². The normalized spacial score (nSPS) is 27.5. The summed E-state index contributed by atoms with van der Waals surface area (Å²) in [6.07, 6.45) is -1.05. The van der Waals surface area contributed by atoms with Crippen LogP contribution in [0.25, 0.3) is 0 Å². The summed E-state index contributed by atoms with van der Waals surface area (Å²) < 4.78 is 23.3. The highest BCUT2D eigenvalue weighted by Gasteiger charge is 2.42. The molecule has 148 valence electrons. The maximum atomic E-state index is 10.7. The van der Waals surface area contributed by atoms with E-state index in [-0.39, 0.29) is 24.0 Å². The Morgan fingerprint density at radius 3 is 2.42 bits per heavy atom. The Morgan fingerprint density at radius 1 is 1.19 bits per heavy atom. The van der Waals surface area contributed by atoms with Gasteiger partial charge in [0.05, 0.1) is 18.8 Å². The number of benzene rings is 1. The Balaban J connectivity index is 2.12. The van der Waals surface area contributed by atoms with E-state index in [1.54, 1.807) is 7.11 Å². The lowest BCUT2D eigenvalue weighted by Crippen LogP contribution is -2.51. The smallest absolute Gasteiger partial charge is 0.192 e. The molecule has 1 fully saturated rings. The monoisotopic (exact) mass is 382 g/mol. The van der Waals surface area contributed by atoms with Gasteiger partial charge in [-0.25, -0.2) is 0 Å². The van der Waals surface area contributed by atoms with Gasteiger partial charge in [0.25, 0.3) is 0 Å². The maximum absolute atomic E-state index is 10.7. The highest BCUT2D eigenvalue weighted by molar-refractivity contribution is 6.74. The van der Waals surface area contributed by atoms with E-state index in [0.717, 1.165) is 5.56 Å². The van der Waals surface area contributed by atoms with Crippen LogP contribution in [-0.2, 0) is 18.6 Å². The molecule has 0 aliphatic carbocycles. The second-order valence-electron chi connectivity index (χ2n) is 8.48. The lowest BCUT2D eigenvalue weighted by molar-refractivity contribution is -0.212. The zero-order valence-electron chi connectivity index (χ0n) is 16.9. The molecule has 5 nitrogen and oxygen atoms in total. The highest BCUT2D eigenvalue weighted by atomic mass is 28.4. The summed E-state index contributed by atoms with van der Waals surface area (Å²) in [5.41, 5.74) is 1.09. The van der Waals surface area contributed by atoms with Crippen molar-refractivity contribution >= 4 is 8.32 Å². The van der Waals surface area contributed by atoms with Crippen LogP contribution in [0.2, 0.25) is 18.1 Å². The molecule has 1 saturated heterocycles. The van der Waals surface area contributed by atoms with Crippen LogP contribution in [0.15, 0.2) is 30.3 Å². The zero-order valence-corrected chi connectivity index (χ0v) is 17.9. The maximum Gasteiger partial charge on any atom is 0.192 e. The molecule has 0 radical (unpaired) electrons. The van der Waals surface area contributed by atoms with Crippen LogP contribution in [0.4, 0.5) is 0 Å². The topological polar surface area (TPSA) is 57.2 Å². The zero-order chi connectivity index (χ0) is 19.4. The number of aliphatic hydroxyl groups is 1. The molecule has 1 N–H and O–H groups in total. The molecule has 1 aromatic rings. The van der Waals surface area contributed by atoms with Crippen LogP contribution in [0.3, 0.4) is 0 Å². The predicted molar refractivity (Wildman–Crippen MR) is 105 cm³/mol. The number of ether oxygens (including phenoxy) is 3. The molecule has 0 amide bonds. The minimum absolute atomic E-state index is 0.109. The van der Waals surface area contributed by atoms with E-state index >= 15 is 0 Å². The molecule has 1 aromatic carbocycles. The standard InChI is InChI=1S/C20H34O5Si/c1-20(2,3)26(5,6)24-13-18-19(21)17(23-14-22-4)12-16(25-18)15-10-8-7-9-11-15/h7-11,16-19,21H,12-14H2,1-6H3/t16-,17-,18+,19-/m0/s1. The molecular formula is C20H34O5Si. The van der Waals surface area contributed by atoms with Crippen molar-refractivity contribution in [2.75, 3.05) is 20.5 Å². The quantitative estimate of drug-likeness (QED) is 0.573. The third-order valence-corrected chi connectivity index (χ3v) is 10.0. The Hall–Kier alpha value is -0.763. The Kier molecular flexibility index (Phi) is 7.41. The first-order valence-electron chi connectivity index (χ1n) is 9.28. The summed E-state index contributed by atoms with van der Waals surface area (Å²) in [6.45, 7) is 11.5. The van der Waals surface area contributed by atoms with Crippen molar-refractivity contribution < 1.29 is 23.7 Å².